The van der Waals surface area contributed by atoms with E-state index in [2.05, 4.69) is 9.97 Å². The first-order valence-electron chi connectivity index (χ1n) is 10.6. The van der Waals surface area contributed by atoms with Gasteiger partial charge in [-0.3, -0.25) is 9.78 Å². The predicted molar refractivity (Wildman–Crippen MR) is 123 cm³/mol. The fraction of sp³-hybridized carbons (Fsp3) is 0.391. The minimum atomic E-state index is -0.839. The second-order valence-corrected chi connectivity index (χ2v) is 7.44. The number of aromatic nitrogens is 2. The summed E-state index contributed by atoms with van der Waals surface area (Å²) in [6.45, 7) is 1.69. The van der Waals surface area contributed by atoms with Gasteiger partial charge in [-0.2, -0.15) is 0 Å². The largest absolute Gasteiger partial charge is 0.508 e. The highest BCUT2D eigenvalue weighted by Crippen LogP contribution is 2.22. The Hall–Kier alpha value is -3.40. The van der Waals surface area contributed by atoms with E-state index in [0.29, 0.717) is 13.0 Å². The Labute approximate surface area is 194 Å². The molecule has 10 heteroatoms. The van der Waals surface area contributed by atoms with Gasteiger partial charge in [0.2, 0.25) is 0 Å². The second kappa shape index (κ2) is 12.0. The molecule has 0 bridgehead atoms. The molecule has 1 fully saturated rings. The Kier molecular flexibility index (Phi) is 8.83. The van der Waals surface area contributed by atoms with Crippen LogP contribution in [0.4, 0.5) is 10.6 Å². The first-order chi connectivity index (χ1) is 15.9. The topological polar surface area (TPSA) is 100 Å². The molecule has 2 aromatic heterocycles. The molecule has 3 heterocycles. The predicted octanol–water partition coefficient (Wildman–Crippen LogP) is 2.45. The van der Waals surface area contributed by atoms with Crippen LogP contribution >= 0.6 is 0 Å². The van der Waals surface area contributed by atoms with Gasteiger partial charge >= 0.3 is 12.1 Å². The highest BCUT2D eigenvalue weighted by molar-refractivity contribution is 6.11. The molecule has 1 aliphatic rings. The number of anilines is 1. The molecule has 1 unspecified atom stereocenters. The van der Waals surface area contributed by atoms with Crippen LogP contribution in [-0.4, -0.2) is 75.0 Å². The van der Waals surface area contributed by atoms with E-state index in [9.17, 15) is 9.59 Å². The zero-order valence-electron chi connectivity index (χ0n) is 18.6. The average molecular weight is 451 g/mol. The van der Waals surface area contributed by atoms with Gasteiger partial charge in [0.25, 0.3) is 0 Å². The van der Waals surface area contributed by atoms with Gasteiger partial charge in [-0.25, -0.2) is 9.78 Å². The first kappa shape index (κ1) is 24.3. The molecule has 0 aromatic carbocycles. The number of ether oxygens (including phenoxy) is 4. The van der Waals surface area contributed by atoms with Crippen LogP contribution in [0.15, 0.2) is 42.6 Å². The van der Waals surface area contributed by atoms with Crippen LogP contribution < -0.4 is 4.90 Å². The van der Waals surface area contributed by atoms with Gasteiger partial charge < -0.3 is 23.8 Å². The Bertz CT molecular complexity index is 958. The summed E-state index contributed by atoms with van der Waals surface area (Å²) < 4.78 is 20.8. The van der Waals surface area contributed by atoms with Crippen LogP contribution in [0.5, 0.6) is 0 Å². The minimum absolute atomic E-state index is 0.101. The number of nitrogens with zero attached hydrogens (tertiary/aromatic N) is 3. The fourth-order valence-electron chi connectivity index (χ4n) is 3.19. The van der Waals surface area contributed by atoms with Gasteiger partial charge in [-0.05, 0) is 36.4 Å². The summed E-state index contributed by atoms with van der Waals surface area (Å²) in [5.74, 6) is 0.283. The van der Waals surface area contributed by atoms with Crippen molar-refractivity contribution in [2.45, 2.75) is 31.6 Å². The maximum atomic E-state index is 11.9. The third kappa shape index (κ3) is 7.91. The summed E-state index contributed by atoms with van der Waals surface area (Å²) in [7, 11) is 7.57. The van der Waals surface area contributed by atoms with Gasteiger partial charge in [-0.1, -0.05) is 12.1 Å². The van der Waals surface area contributed by atoms with Crippen molar-refractivity contribution in [3.05, 3.63) is 54.0 Å². The average Bonchev–Trinajstić information content (AvgIpc) is 3.15. The van der Waals surface area contributed by atoms with E-state index in [1.54, 1.807) is 6.20 Å². The summed E-state index contributed by atoms with van der Waals surface area (Å²) in [5, 5.41) is 0. The summed E-state index contributed by atoms with van der Waals surface area (Å²) in [6, 6.07) is 10.8. The number of pyridine rings is 2. The van der Waals surface area contributed by atoms with E-state index < -0.39 is 30.3 Å². The molecule has 3 atom stereocenters. The highest BCUT2D eigenvalue weighted by atomic mass is 16.7. The van der Waals surface area contributed by atoms with Crippen molar-refractivity contribution in [2.75, 3.05) is 31.7 Å². The summed E-state index contributed by atoms with van der Waals surface area (Å²) in [5.41, 5.74) is 1.62. The van der Waals surface area contributed by atoms with Crippen molar-refractivity contribution in [1.82, 2.24) is 9.97 Å². The van der Waals surface area contributed by atoms with E-state index in [1.807, 2.05) is 60.5 Å². The number of esters is 1. The van der Waals surface area contributed by atoms with Crippen LogP contribution in [0.25, 0.3) is 12.2 Å². The lowest BCUT2D eigenvalue weighted by molar-refractivity contribution is -0.150. The van der Waals surface area contributed by atoms with Crippen molar-refractivity contribution < 1.29 is 28.5 Å². The molecule has 2 aromatic rings. The number of rotatable bonds is 9. The molecule has 33 heavy (non-hydrogen) atoms. The van der Waals surface area contributed by atoms with Crippen LogP contribution in [0, 0.1) is 0 Å². The van der Waals surface area contributed by atoms with Crippen LogP contribution in [-0.2, 0) is 23.7 Å². The zero-order valence-corrected chi connectivity index (χ0v) is 18.6. The third-order valence-electron chi connectivity index (χ3n) is 4.82. The molecular weight excluding hydrogens is 425 g/mol. The van der Waals surface area contributed by atoms with Gasteiger partial charge in [0.15, 0.2) is 0 Å². The lowest BCUT2D eigenvalue weighted by atomic mass is 9.96. The van der Waals surface area contributed by atoms with Crippen LogP contribution in [0.3, 0.4) is 0 Å². The van der Waals surface area contributed by atoms with Crippen molar-refractivity contribution in [2.24, 2.45) is 0 Å². The van der Waals surface area contributed by atoms with E-state index in [-0.39, 0.29) is 13.2 Å². The Morgan fingerprint density at radius 2 is 1.97 bits per heavy atom. The van der Waals surface area contributed by atoms with Crippen molar-refractivity contribution in [3.63, 3.8) is 0 Å². The van der Waals surface area contributed by atoms with Crippen molar-refractivity contribution in [1.29, 1.82) is 0 Å². The first-order valence-corrected chi connectivity index (χ1v) is 10.6. The smallest absolute Gasteiger partial charge is 0.460 e. The molecule has 2 radical (unpaired) electrons. The molecule has 0 aliphatic carbocycles. The number of hydrogen-bond acceptors (Lipinski definition) is 9. The van der Waals surface area contributed by atoms with Gasteiger partial charge in [-0.15, -0.1) is 0 Å². The Morgan fingerprint density at radius 1 is 1.18 bits per heavy atom. The number of carbonyl (C=O) groups is 2. The maximum Gasteiger partial charge on any atom is 0.508 e. The van der Waals surface area contributed by atoms with E-state index in [1.165, 1.54) is 6.92 Å². The number of carbonyl (C=O) groups excluding carboxylic acids is 2. The molecular formula is C23H26BN3O6. The molecule has 0 spiro atoms. The van der Waals surface area contributed by atoms with Crippen molar-refractivity contribution >= 4 is 37.9 Å². The minimum Gasteiger partial charge on any atom is -0.460 e. The van der Waals surface area contributed by atoms with Gasteiger partial charge in [0.1, 0.15) is 39.1 Å². The molecule has 1 aliphatic heterocycles. The molecule has 3 rings (SSSR count). The fourth-order valence-corrected chi connectivity index (χ4v) is 3.19. The van der Waals surface area contributed by atoms with Gasteiger partial charge in [0, 0.05) is 32.6 Å². The number of hydrogen-bond donors (Lipinski definition) is 0. The highest BCUT2D eigenvalue weighted by Gasteiger charge is 2.36. The monoisotopic (exact) mass is 451 g/mol. The molecule has 0 saturated carbocycles. The van der Waals surface area contributed by atoms with E-state index in [0.717, 1.165) is 17.2 Å². The van der Waals surface area contributed by atoms with Crippen LogP contribution in [0.1, 0.15) is 24.7 Å². The summed E-state index contributed by atoms with van der Waals surface area (Å²) >= 11 is 0. The quantitative estimate of drug-likeness (QED) is 0.420. The molecule has 0 amide bonds. The van der Waals surface area contributed by atoms with Crippen molar-refractivity contribution in [3.8, 4) is 0 Å². The second-order valence-electron chi connectivity index (χ2n) is 7.44. The van der Waals surface area contributed by atoms with Crippen LogP contribution in [0.2, 0.25) is 0 Å². The molecule has 9 nitrogen and oxygen atoms in total. The molecule has 172 valence electrons. The standard InChI is InChI=1S/C23H26BN3O6/c1-16(28)32-19-14-21(24)33-20(19)15-31-23(29)30-13-12-27(2)22-8-5-7-18(26-22)10-9-17-6-3-4-11-25-17/h3-11,19-21H,12-15H2,1-2H3/b10-9+/t19-,20?,21-/m1/s1. The normalized spacial score (nSPS) is 19.9. The summed E-state index contributed by atoms with van der Waals surface area (Å²) in [6.07, 6.45) is 3.83. The zero-order chi connectivity index (χ0) is 23.6. The van der Waals surface area contributed by atoms with Gasteiger partial charge in [0.05, 0.1) is 17.9 Å². The van der Waals surface area contributed by atoms with E-state index in [4.69, 9.17) is 26.8 Å². The number of likely N-dealkylation sites (N-methyl/N-ethyl adjacent to an activating group) is 1. The SMILES string of the molecule is [B][C@H]1C[C@@H](OC(C)=O)C(COC(=O)OCCN(C)c2cccc(/C=C/c3ccccn3)n2)O1. The Morgan fingerprint density at radius 3 is 2.73 bits per heavy atom. The molecule has 1 saturated heterocycles. The third-order valence-corrected chi connectivity index (χ3v) is 4.82. The maximum absolute atomic E-state index is 11.9. The van der Waals surface area contributed by atoms with E-state index >= 15 is 0 Å². The Balaban J connectivity index is 1.41. The lowest BCUT2D eigenvalue weighted by Gasteiger charge is -2.19. The summed E-state index contributed by atoms with van der Waals surface area (Å²) in [4.78, 5) is 33.8. The molecule has 0 N–H and O–H groups in total. The lowest BCUT2D eigenvalue weighted by Crippen LogP contribution is -2.32.